The van der Waals surface area contributed by atoms with Crippen LogP contribution in [0.1, 0.15) is 19.4 Å². The summed E-state index contributed by atoms with van der Waals surface area (Å²) in [6, 6.07) is 1.84. The highest BCUT2D eigenvalue weighted by Gasteiger charge is 2.38. The maximum absolute atomic E-state index is 11.9. The first-order valence-corrected chi connectivity index (χ1v) is 4.96. The number of nitrogens with zero attached hydrogens (tertiary/aromatic N) is 1. The number of carbonyl (C=O) groups excluding carboxylic acids is 1. The van der Waals surface area contributed by atoms with Crippen LogP contribution >= 0.6 is 0 Å². The topological polar surface area (TPSA) is 73.4 Å². The van der Waals surface area contributed by atoms with Gasteiger partial charge in [-0.05, 0) is 25.5 Å². The van der Waals surface area contributed by atoms with Crippen LogP contribution in [0.2, 0.25) is 0 Å². The molecule has 0 fully saturated rings. The van der Waals surface area contributed by atoms with Crippen LogP contribution in [-0.2, 0) is 16.1 Å². The number of aliphatic carboxylic acids is 1. The van der Waals surface area contributed by atoms with E-state index < -0.39 is 17.3 Å². The zero-order valence-electron chi connectivity index (χ0n) is 9.65. The molecule has 5 nitrogen and oxygen atoms in total. The highest BCUT2D eigenvalue weighted by atomic mass is 16.4. The highest BCUT2D eigenvalue weighted by Crippen LogP contribution is 2.19. The molecule has 0 aliphatic carbocycles. The van der Waals surface area contributed by atoms with Gasteiger partial charge in [-0.25, -0.2) is 0 Å². The predicted molar refractivity (Wildman–Crippen MR) is 58.7 cm³/mol. The molecule has 0 aliphatic rings. The van der Waals surface area contributed by atoms with E-state index in [1.165, 1.54) is 18.7 Å². The molecule has 0 bridgehead atoms. The van der Waals surface area contributed by atoms with Crippen molar-refractivity contribution in [3.05, 3.63) is 24.0 Å². The molecule has 0 atom stereocenters. The Morgan fingerprint density at radius 3 is 2.56 bits per heavy atom. The number of hydrogen-bond donors (Lipinski definition) is 2. The van der Waals surface area contributed by atoms with Crippen molar-refractivity contribution in [2.24, 2.45) is 5.41 Å². The molecule has 1 amide bonds. The molecule has 1 aromatic rings. The lowest BCUT2D eigenvalue weighted by molar-refractivity contribution is -0.157. The Labute approximate surface area is 94.1 Å². The monoisotopic (exact) mass is 224 g/mol. The van der Waals surface area contributed by atoms with Gasteiger partial charge in [-0.3, -0.25) is 9.59 Å². The van der Waals surface area contributed by atoms with Crippen molar-refractivity contribution >= 4 is 11.9 Å². The number of carbonyl (C=O) groups is 2. The van der Waals surface area contributed by atoms with Crippen LogP contribution in [0.5, 0.6) is 0 Å². The second-order valence-electron chi connectivity index (χ2n) is 4.31. The average molecular weight is 224 g/mol. The summed E-state index contributed by atoms with van der Waals surface area (Å²) in [4.78, 5) is 27.1. The molecule has 0 aliphatic heterocycles. The van der Waals surface area contributed by atoms with E-state index >= 15 is 0 Å². The average Bonchev–Trinajstić information content (AvgIpc) is 2.68. The molecular weight excluding hydrogens is 208 g/mol. The fraction of sp³-hybridized carbons (Fsp3) is 0.455. The van der Waals surface area contributed by atoms with Crippen LogP contribution in [-0.4, -0.2) is 33.9 Å². The van der Waals surface area contributed by atoms with Gasteiger partial charge in [0.25, 0.3) is 0 Å². The molecule has 0 aromatic carbocycles. The molecule has 16 heavy (non-hydrogen) atoms. The van der Waals surface area contributed by atoms with E-state index in [0.29, 0.717) is 6.54 Å². The number of hydrogen-bond acceptors (Lipinski definition) is 2. The van der Waals surface area contributed by atoms with Gasteiger partial charge >= 0.3 is 5.97 Å². The van der Waals surface area contributed by atoms with E-state index in [9.17, 15) is 9.59 Å². The Morgan fingerprint density at radius 1 is 1.50 bits per heavy atom. The van der Waals surface area contributed by atoms with Gasteiger partial charge in [-0.2, -0.15) is 0 Å². The second kappa shape index (κ2) is 4.38. The Morgan fingerprint density at radius 2 is 2.12 bits per heavy atom. The van der Waals surface area contributed by atoms with E-state index in [-0.39, 0.29) is 0 Å². The summed E-state index contributed by atoms with van der Waals surface area (Å²) in [5.41, 5.74) is -0.442. The summed E-state index contributed by atoms with van der Waals surface area (Å²) >= 11 is 0. The van der Waals surface area contributed by atoms with Gasteiger partial charge in [0.15, 0.2) is 0 Å². The molecule has 0 radical (unpaired) electrons. The SMILES string of the molecule is CN(Cc1cc[nH]c1)C(=O)C(C)(C)C(=O)O. The second-order valence-corrected chi connectivity index (χ2v) is 4.31. The Kier molecular flexibility index (Phi) is 3.37. The molecule has 0 saturated carbocycles. The number of rotatable bonds is 4. The lowest BCUT2D eigenvalue weighted by Gasteiger charge is -2.25. The summed E-state index contributed by atoms with van der Waals surface area (Å²) in [6.45, 7) is 3.22. The first-order chi connectivity index (χ1) is 7.35. The van der Waals surface area contributed by atoms with Gasteiger partial charge in [0, 0.05) is 26.0 Å². The zero-order chi connectivity index (χ0) is 12.3. The van der Waals surface area contributed by atoms with Gasteiger partial charge in [-0.1, -0.05) is 0 Å². The number of carboxylic acid groups (broad SMARTS) is 1. The van der Waals surface area contributed by atoms with Crippen LogP contribution in [0.4, 0.5) is 0 Å². The molecular formula is C11H16N2O3. The molecule has 2 N–H and O–H groups in total. The van der Waals surface area contributed by atoms with Crippen LogP contribution in [0.15, 0.2) is 18.5 Å². The van der Waals surface area contributed by atoms with E-state index in [4.69, 9.17) is 5.11 Å². The fourth-order valence-electron chi connectivity index (χ4n) is 1.37. The van der Waals surface area contributed by atoms with Crippen molar-refractivity contribution in [2.75, 3.05) is 7.05 Å². The van der Waals surface area contributed by atoms with E-state index in [1.807, 2.05) is 6.07 Å². The quantitative estimate of drug-likeness (QED) is 0.752. The summed E-state index contributed by atoms with van der Waals surface area (Å²) < 4.78 is 0. The third kappa shape index (κ3) is 2.42. The Bertz CT molecular complexity index is 382. The smallest absolute Gasteiger partial charge is 0.318 e. The molecule has 88 valence electrons. The lowest BCUT2D eigenvalue weighted by atomic mass is 9.92. The number of aromatic amines is 1. The summed E-state index contributed by atoms with van der Waals surface area (Å²) in [7, 11) is 1.60. The zero-order valence-corrected chi connectivity index (χ0v) is 9.65. The number of H-pyrrole nitrogens is 1. The van der Waals surface area contributed by atoms with E-state index in [0.717, 1.165) is 5.56 Å². The van der Waals surface area contributed by atoms with Gasteiger partial charge in [-0.15, -0.1) is 0 Å². The van der Waals surface area contributed by atoms with Crippen LogP contribution < -0.4 is 0 Å². The molecule has 0 saturated heterocycles. The first-order valence-electron chi connectivity index (χ1n) is 4.96. The molecule has 0 unspecified atom stereocenters. The van der Waals surface area contributed by atoms with Gasteiger partial charge in [0.05, 0.1) is 0 Å². The van der Waals surface area contributed by atoms with Gasteiger partial charge < -0.3 is 15.0 Å². The third-order valence-electron chi connectivity index (χ3n) is 2.50. The lowest BCUT2D eigenvalue weighted by Crippen LogP contribution is -2.42. The third-order valence-corrected chi connectivity index (χ3v) is 2.50. The number of carboxylic acids is 1. The summed E-state index contributed by atoms with van der Waals surface area (Å²) in [5.74, 6) is -1.51. The first kappa shape index (κ1) is 12.3. The largest absolute Gasteiger partial charge is 0.480 e. The Balaban J connectivity index is 2.71. The molecule has 0 spiro atoms. The van der Waals surface area contributed by atoms with E-state index in [2.05, 4.69) is 4.98 Å². The fourth-order valence-corrected chi connectivity index (χ4v) is 1.37. The molecule has 1 heterocycles. The summed E-state index contributed by atoms with van der Waals surface area (Å²) in [6.07, 6.45) is 3.54. The van der Waals surface area contributed by atoms with Gasteiger partial charge in [0.1, 0.15) is 5.41 Å². The van der Waals surface area contributed by atoms with Gasteiger partial charge in [0.2, 0.25) is 5.91 Å². The maximum atomic E-state index is 11.9. The normalized spacial score (nSPS) is 11.2. The number of aromatic nitrogens is 1. The van der Waals surface area contributed by atoms with Crippen molar-refractivity contribution in [3.8, 4) is 0 Å². The standard InChI is InChI=1S/C11H16N2O3/c1-11(2,10(15)16)9(14)13(3)7-8-4-5-12-6-8/h4-6,12H,7H2,1-3H3,(H,15,16). The number of amides is 1. The van der Waals surface area contributed by atoms with Crippen molar-refractivity contribution < 1.29 is 14.7 Å². The molecule has 1 aromatic heterocycles. The molecule has 1 rings (SSSR count). The highest BCUT2D eigenvalue weighted by molar-refractivity contribution is 6.00. The van der Waals surface area contributed by atoms with Crippen LogP contribution in [0.25, 0.3) is 0 Å². The van der Waals surface area contributed by atoms with Crippen molar-refractivity contribution in [1.82, 2.24) is 9.88 Å². The minimum atomic E-state index is -1.38. The molecule has 5 heteroatoms. The predicted octanol–water partition coefficient (Wildman–Crippen LogP) is 1.08. The number of nitrogens with one attached hydrogen (secondary N) is 1. The minimum absolute atomic E-state index is 0.402. The summed E-state index contributed by atoms with van der Waals surface area (Å²) in [5, 5.41) is 8.93. The van der Waals surface area contributed by atoms with Crippen LogP contribution in [0, 0.1) is 5.41 Å². The van der Waals surface area contributed by atoms with E-state index in [1.54, 1.807) is 19.4 Å². The van der Waals surface area contributed by atoms with Crippen LogP contribution in [0.3, 0.4) is 0 Å². The Hall–Kier alpha value is -1.78. The maximum Gasteiger partial charge on any atom is 0.318 e. The van der Waals surface area contributed by atoms with Crippen molar-refractivity contribution in [3.63, 3.8) is 0 Å². The van der Waals surface area contributed by atoms with Crippen molar-refractivity contribution in [2.45, 2.75) is 20.4 Å². The van der Waals surface area contributed by atoms with Crippen molar-refractivity contribution in [1.29, 1.82) is 0 Å². The minimum Gasteiger partial charge on any atom is -0.480 e.